The molecule has 19 heavy (non-hydrogen) atoms. The zero-order valence-corrected chi connectivity index (χ0v) is 11.5. The molecule has 0 aromatic heterocycles. The van der Waals surface area contributed by atoms with E-state index < -0.39 is 0 Å². The zero-order chi connectivity index (χ0) is 13.7. The first-order valence-electron chi connectivity index (χ1n) is 6.83. The van der Waals surface area contributed by atoms with E-state index in [2.05, 4.69) is 6.58 Å². The molecule has 1 saturated heterocycles. The molecule has 0 bridgehead atoms. The van der Waals surface area contributed by atoms with Crippen molar-refractivity contribution in [3.63, 3.8) is 0 Å². The Morgan fingerprint density at radius 2 is 1.84 bits per heavy atom. The monoisotopic (exact) mass is 259 g/mol. The summed E-state index contributed by atoms with van der Waals surface area (Å²) in [5.74, 6) is 0.907. The standard InChI is InChI=1S/C16H21NO2/c1-13(2)12-19-15-8-6-14(7-9-15)16(18)17-10-4-3-5-11-17/h6-9H,1,3-5,10-12H2,2H3. The second-order valence-corrected chi connectivity index (χ2v) is 5.12. The lowest BCUT2D eigenvalue weighted by atomic mass is 10.1. The Balaban J connectivity index is 1.97. The van der Waals surface area contributed by atoms with Crippen LogP contribution in [0.2, 0.25) is 0 Å². The van der Waals surface area contributed by atoms with Crippen LogP contribution in [0.1, 0.15) is 36.5 Å². The number of carbonyl (C=O) groups is 1. The number of hydrogen-bond acceptors (Lipinski definition) is 2. The van der Waals surface area contributed by atoms with Crippen molar-refractivity contribution in [1.82, 2.24) is 4.90 Å². The lowest BCUT2D eigenvalue weighted by Crippen LogP contribution is -2.35. The number of ether oxygens (including phenoxy) is 1. The van der Waals surface area contributed by atoms with Crippen molar-refractivity contribution in [2.45, 2.75) is 26.2 Å². The third-order valence-electron chi connectivity index (χ3n) is 3.23. The largest absolute Gasteiger partial charge is 0.489 e. The third kappa shape index (κ3) is 3.85. The molecule has 0 radical (unpaired) electrons. The minimum Gasteiger partial charge on any atom is -0.489 e. The van der Waals surface area contributed by atoms with Crippen LogP contribution in [0.25, 0.3) is 0 Å². The number of carbonyl (C=O) groups excluding carboxylic acids is 1. The Hall–Kier alpha value is -1.77. The molecule has 0 atom stereocenters. The second kappa shape index (κ2) is 6.41. The highest BCUT2D eigenvalue weighted by Crippen LogP contribution is 2.17. The fourth-order valence-corrected chi connectivity index (χ4v) is 2.18. The van der Waals surface area contributed by atoms with Crippen LogP contribution in [0.15, 0.2) is 36.4 Å². The molecule has 1 heterocycles. The van der Waals surface area contributed by atoms with E-state index in [1.165, 1.54) is 6.42 Å². The van der Waals surface area contributed by atoms with E-state index >= 15 is 0 Å². The smallest absolute Gasteiger partial charge is 0.253 e. The molecular weight excluding hydrogens is 238 g/mol. The first-order valence-corrected chi connectivity index (χ1v) is 6.83. The summed E-state index contributed by atoms with van der Waals surface area (Å²) in [5, 5.41) is 0. The van der Waals surface area contributed by atoms with E-state index in [0.717, 1.165) is 42.8 Å². The number of amides is 1. The van der Waals surface area contributed by atoms with Gasteiger partial charge in [0.25, 0.3) is 5.91 Å². The van der Waals surface area contributed by atoms with Crippen LogP contribution >= 0.6 is 0 Å². The van der Waals surface area contributed by atoms with Crippen LogP contribution < -0.4 is 4.74 Å². The van der Waals surface area contributed by atoms with E-state index in [-0.39, 0.29) is 5.91 Å². The predicted octanol–water partition coefficient (Wildman–Crippen LogP) is 3.27. The SMILES string of the molecule is C=C(C)COc1ccc(C(=O)N2CCCCC2)cc1. The topological polar surface area (TPSA) is 29.5 Å². The van der Waals surface area contributed by atoms with Crippen molar-refractivity contribution < 1.29 is 9.53 Å². The average Bonchev–Trinajstić information content (AvgIpc) is 2.46. The summed E-state index contributed by atoms with van der Waals surface area (Å²) in [6, 6.07) is 7.37. The van der Waals surface area contributed by atoms with Gasteiger partial charge in [0.15, 0.2) is 0 Å². The molecule has 0 N–H and O–H groups in total. The van der Waals surface area contributed by atoms with Gasteiger partial charge in [-0.3, -0.25) is 4.79 Å². The summed E-state index contributed by atoms with van der Waals surface area (Å²) in [5.41, 5.74) is 1.72. The van der Waals surface area contributed by atoms with Gasteiger partial charge < -0.3 is 9.64 Å². The Morgan fingerprint density at radius 3 is 2.42 bits per heavy atom. The summed E-state index contributed by atoms with van der Waals surface area (Å²) in [6.45, 7) is 7.99. The number of benzene rings is 1. The van der Waals surface area contributed by atoms with Crippen LogP contribution in [0.4, 0.5) is 0 Å². The molecule has 0 saturated carbocycles. The summed E-state index contributed by atoms with van der Waals surface area (Å²) >= 11 is 0. The molecule has 1 amide bonds. The van der Waals surface area contributed by atoms with Crippen molar-refractivity contribution in [1.29, 1.82) is 0 Å². The number of rotatable bonds is 4. The first kappa shape index (κ1) is 13.7. The summed E-state index contributed by atoms with van der Waals surface area (Å²) in [4.78, 5) is 14.2. The third-order valence-corrected chi connectivity index (χ3v) is 3.23. The molecule has 0 unspecified atom stereocenters. The summed E-state index contributed by atoms with van der Waals surface area (Å²) < 4.78 is 5.52. The molecule has 3 heteroatoms. The summed E-state index contributed by atoms with van der Waals surface area (Å²) in [6.07, 6.45) is 3.47. The number of likely N-dealkylation sites (tertiary alicyclic amines) is 1. The van der Waals surface area contributed by atoms with Gasteiger partial charge in [0, 0.05) is 18.7 Å². The molecule has 0 spiro atoms. The number of nitrogens with zero attached hydrogens (tertiary/aromatic N) is 1. The van der Waals surface area contributed by atoms with E-state index in [4.69, 9.17) is 4.74 Å². The van der Waals surface area contributed by atoms with Gasteiger partial charge in [0.2, 0.25) is 0 Å². The lowest BCUT2D eigenvalue weighted by Gasteiger charge is -2.26. The number of piperidine rings is 1. The maximum absolute atomic E-state index is 12.2. The molecule has 3 nitrogen and oxygen atoms in total. The minimum absolute atomic E-state index is 0.131. The van der Waals surface area contributed by atoms with E-state index in [0.29, 0.717) is 6.61 Å². The zero-order valence-electron chi connectivity index (χ0n) is 11.5. The van der Waals surface area contributed by atoms with Gasteiger partial charge in [0.05, 0.1) is 0 Å². The highest BCUT2D eigenvalue weighted by Gasteiger charge is 2.17. The van der Waals surface area contributed by atoms with Crippen molar-refractivity contribution in [3.8, 4) is 5.75 Å². The average molecular weight is 259 g/mol. The minimum atomic E-state index is 0.131. The fourth-order valence-electron chi connectivity index (χ4n) is 2.18. The molecule has 1 aliphatic heterocycles. The Bertz CT molecular complexity index is 444. The Kier molecular flexibility index (Phi) is 4.61. The van der Waals surface area contributed by atoms with Crippen LogP contribution in [-0.4, -0.2) is 30.5 Å². The van der Waals surface area contributed by atoms with Crippen molar-refractivity contribution in [3.05, 3.63) is 42.0 Å². The quantitative estimate of drug-likeness (QED) is 0.777. The van der Waals surface area contributed by atoms with Crippen molar-refractivity contribution in [2.75, 3.05) is 19.7 Å². The van der Waals surface area contributed by atoms with E-state index in [1.54, 1.807) is 0 Å². The normalized spacial score (nSPS) is 15.1. The van der Waals surface area contributed by atoms with Gasteiger partial charge in [-0.25, -0.2) is 0 Å². The Morgan fingerprint density at radius 1 is 1.21 bits per heavy atom. The predicted molar refractivity (Wildman–Crippen MR) is 76.5 cm³/mol. The van der Waals surface area contributed by atoms with Gasteiger partial charge in [0.1, 0.15) is 12.4 Å². The highest BCUT2D eigenvalue weighted by atomic mass is 16.5. The number of hydrogen-bond donors (Lipinski definition) is 0. The van der Waals surface area contributed by atoms with Gasteiger partial charge in [-0.05, 0) is 56.0 Å². The highest BCUT2D eigenvalue weighted by molar-refractivity contribution is 5.94. The van der Waals surface area contributed by atoms with Gasteiger partial charge in [-0.15, -0.1) is 0 Å². The maximum Gasteiger partial charge on any atom is 0.253 e. The summed E-state index contributed by atoms with van der Waals surface area (Å²) in [7, 11) is 0. The molecule has 1 aromatic carbocycles. The molecule has 102 valence electrons. The molecule has 1 aromatic rings. The van der Waals surface area contributed by atoms with E-state index in [1.807, 2.05) is 36.1 Å². The van der Waals surface area contributed by atoms with Gasteiger partial charge in [-0.2, -0.15) is 0 Å². The second-order valence-electron chi connectivity index (χ2n) is 5.12. The van der Waals surface area contributed by atoms with Crippen LogP contribution in [0.3, 0.4) is 0 Å². The first-order chi connectivity index (χ1) is 9.16. The van der Waals surface area contributed by atoms with Crippen molar-refractivity contribution >= 4 is 5.91 Å². The Labute approximate surface area is 114 Å². The van der Waals surface area contributed by atoms with Crippen LogP contribution in [0.5, 0.6) is 5.75 Å². The lowest BCUT2D eigenvalue weighted by molar-refractivity contribution is 0.0724. The van der Waals surface area contributed by atoms with Gasteiger partial charge >= 0.3 is 0 Å². The van der Waals surface area contributed by atoms with Gasteiger partial charge in [-0.1, -0.05) is 6.58 Å². The molecule has 2 rings (SSSR count). The fraction of sp³-hybridized carbons (Fsp3) is 0.438. The molecule has 1 aliphatic rings. The molecular formula is C16H21NO2. The van der Waals surface area contributed by atoms with Crippen LogP contribution in [-0.2, 0) is 0 Å². The maximum atomic E-state index is 12.2. The molecule has 1 fully saturated rings. The van der Waals surface area contributed by atoms with Crippen molar-refractivity contribution in [2.24, 2.45) is 0 Å². The molecule has 0 aliphatic carbocycles. The van der Waals surface area contributed by atoms with E-state index in [9.17, 15) is 4.79 Å². The van der Waals surface area contributed by atoms with Crippen LogP contribution in [0, 0.1) is 0 Å².